The Labute approximate surface area is 265 Å². The predicted octanol–water partition coefficient (Wildman–Crippen LogP) is 6.36. The molecule has 0 spiro atoms. The van der Waals surface area contributed by atoms with E-state index in [4.69, 9.17) is 16.1 Å². The molecule has 0 aliphatic carbocycles. The van der Waals surface area contributed by atoms with Crippen molar-refractivity contribution in [3.05, 3.63) is 47.7 Å². The predicted molar refractivity (Wildman–Crippen MR) is 173 cm³/mol. The molecule has 1 N–H and O–H groups in total. The number of rotatable bonds is 6. The lowest BCUT2D eigenvalue weighted by Crippen LogP contribution is -2.43. The van der Waals surface area contributed by atoms with Crippen molar-refractivity contribution in [3.63, 3.8) is 0 Å². The number of nitrogens with zero attached hydrogens (tertiary/aromatic N) is 5. The van der Waals surface area contributed by atoms with E-state index in [1.165, 1.54) is 30.5 Å². The fourth-order valence-corrected chi connectivity index (χ4v) is 9.09. The molecular weight excluding hydrogens is 614 g/mol. The summed E-state index contributed by atoms with van der Waals surface area (Å²) < 4.78 is 65.0. The quantitative estimate of drug-likeness (QED) is 0.191. The van der Waals surface area contributed by atoms with E-state index in [-0.39, 0.29) is 51.7 Å². The van der Waals surface area contributed by atoms with Gasteiger partial charge in [0.2, 0.25) is 0 Å². The number of fused-ring (bicyclic) bond motifs is 3. The van der Waals surface area contributed by atoms with E-state index in [1.54, 1.807) is 13.3 Å². The Morgan fingerprint density at radius 1 is 1.17 bits per heavy atom. The highest BCUT2D eigenvalue weighted by atomic mass is 31.2. The first-order chi connectivity index (χ1) is 22.0. The monoisotopic (exact) mass is 649 g/mol. The average molecular weight is 650 g/mol. The molecule has 0 amide bonds. The van der Waals surface area contributed by atoms with Gasteiger partial charge in [0.1, 0.15) is 41.4 Å². The molecule has 2 atom stereocenters. The van der Waals surface area contributed by atoms with Crippen molar-refractivity contribution >= 4 is 34.6 Å². The van der Waals surface area contributed by atoms with E-state index < -0.39 is 30.5 Å². The minimum Gasteiger partial charge on any atom is -0.508 e. The summed E-state index contributed by atoms with van der Waals surface area (Å²) in [6.45, 7) is 6.03. The zero-order chi connectivity index (χ0) is 32.4. The molecule has 5 heterocycles. The molecule has 2 aromatic heterocycles. The van der Waals surface area contributed by atoms with Crippen LogP contribution < -0.4 is 9.64 Å². The molecule has 46 heavy (non-hydrogen) atoms. The SMILES string of the molecule is C#Cc1c(F)ccc2cc(O)cc(-c3ncc4c(N5CCC(P(C)(C)=O)CC5)nc(OCC56CCCN5CC(F)C6)nc4c3F)c12. The molecule has 2 aromatic carbocycles. The van der Waals surface area contributed by atoms with Gasteiger partial charge in [-0.3, -0.25) is 9.88 Å². The molecule has 12 heteroatoms. The first-order valence-corrected chi connectivity index (χ1v) is 18.2. The van der Waals surface area contributed by atoms with Crippen molar-refractivity contribution in [1.29, 1.82) is 0 Å². The molecule has 3 aliphatic heterocycles. The van der Waals surface area contributed by atoms with E-state index in [9.17, 15) is 18.5 Å². The Morgan fingerprint density at radius 2 is 1.96 bits per heavy atom. The second-order valence-electron chi connectivity index (χ2n) is 13.2. The Morgan fingerprint density at radius 3 is 2.70 bits per heavy atom. The second-order valence-corrected chi connectivity index (χ2v) is 16.8. The van der Waals surface area contributed by atoms with Crippen molar-refractivity contribution in [1.82, 2.24) is 19.9 Å². The summed E-state index contributed by atoms with van der Waals surface area (Å²) in [5.41, 5.74) is -0.558. The number of hydrogen-bond donors (Lipinski definition) is 1. The van der Waals surface area contributed by atoms with Crippen molar-refractivity contribution < 1.29 is 27.6 Å². The van der Waals surface area contributed by atoms with Gasteiger partial charge >= 0.3 is 6.01 Å². The molecule has 3 saturated heterocycles. The summed E-state index contributed by atoms with van der Waals surface area (Å²) in [6.07, 6.45) is 9.65. The topological polar surface area (TPSA) is 91.7 Å². The van der Waals surface area contributed by atoms with Crippen LogP contribution in [-0.4, -0.2) is 88.4 Å². The zero-order valence-corrected chi connectivity index (χ0v) is 26.7. The third kappa shape index (κ3) is 5.26. The number of ether oxygens (including phenoxy) is 1. The average Bonchev–Trinajstić information content (AvgIpc) is 3.55. The summed E-state index contributed by atoms with van der Waals surface area (Å²) in [6, 6.07) is 5.35. The molecule has 3 fully saturated rings. The number of halogens is 3. The number of anilines is 1. The number of aromatic hydroxyl groups is 1. The standard InChI is InChI=1S/C34H35F3N5O3P/c1-4-24-27(36)7-6-20-14-22(43)15-25(28(20)24)30-29(37)31-26(17-38-30)32(41-12-8-23(9-13-41)46(2,3)44)40-33(39-31)45-19-34-10-5-11-42(34)18-21(35)16-34/h1,6-7,14-15,17,21,23,43H,5,8-13,16,18-19H2,2-3H3. The van der Waals surface area contributed by atoms with Crippen LogP contribution in [-0.2, 0) is 4.57 Å². The third-order valence-electron chi connectivity index (χ3n) is 9.97. The maximum absolute atomic E-state index is 16.8. The fraction of sp³-hybridized carbons (Fsp3) is 0.441. The first kappa shape index (κ1) is 30.8. The highest BCUT2D eigenvalue weighted by molar-refractivity contribution is 7.63. The smallest absolute Gasteiger partial charge is 0.319 e. The van der Waals surface area contributed by atoms with Gasteiger partial charge in [-0.05, 0) is 69.1 Å². The molecular formula is C34H35F3N5O3P. The van der Waals surface area contributed by atoms with E-state index >= 15 is 4.39 Å². The van der Waals surface area contributed by atoms with Crippen molar-refractivity contribution in [2.75, 3.05) is 51.0 Å². The summed E-state index contributed by atoms with van der Waals surface area (Å²) in [7, 11) is -2.29. The molecule has 0 radical (unpaired) electrons. The normalized spacial score (nSPS) is 22.4. The molecule has 4 aromatic rings. The number of aromatic nitrogens is 3. The minimum absolute atomic E-state index is 0.0445. The number of pyridine rings is 1. The van der Waals surface area contributed by atoms with Crippen LogP contribution >= 0.6 is 7.14 Å². The second kappa shape index (κ2) is 11.4. The van der Waals surface area contributed by atoms with Crippen molar-refractivity contribution in [2.45, 2.75) is 49.5 Å². The zero-order valence-electron chi connectivity index (χ0n) is 25.8. The summed E-state index contributed by atoms with van der Waals surface area (Å²) in [4.78, 5) is 17.8. The number of terminal acetylenes is 1. The van der Waals surface area contributed by atoms with Crippen LogP contribution in [0.4, 0.5) is 19.0 Å². The fourth-order valence-electron chi connectivity index (χ4n) is 7.61. The highest BCUT2D eigenvalue weighted by Gasteiger charge is 2.49. The summed E-state index contributed by atoms with van der Waals surface area (Å²) >= 11 is 0. The lowest BCUT2D eigenvalue weighted by Gasteiger charge is -2.35. The van der Waals surface area contributed by atoms with Crippen LogP contribution in [0.2, 0.25) is 0 Å². The van der Waals surface area contributed by atoms with Crippen LogP contribution in [0.25, 0.3) is 32.9 Å². The first-order valence-electron chi connectivity index (χ1n) is 15.6. The van der Waals surface area contributed by atoms with Crippen molar-refractivity contribution in [3.8, 4) is 35.4 Å². The highest BCUT2D eigenvalue weighted by Crippen LogP contribution is 2.48. The largest absolute Gasteiger partial charge is 0.508 e. The van der Waals surface area contributed by atoms with Crippen LogP contribution in [0.15, 0.2) is 30.5 Å². The molecule has 0 saturated carbocycles. The lowest BCUT2D eigenvalue weighted by atomic mass is 9.95. The van der Waals surface area contributed by atoms with Gasteiger partial charge in [-0.15, -0.1) is 6.42 Å². The molecule has 0 bridgehead atoms. The lowest BCUT2D eigenvalue weighted by molar-refractivity contribution is 0.107. The molecule has 240 valence electrons. The van der Waals surface area contributed by atoms with Gasteiger partial charge in [0.15, 0.2) is 5.82 Å². The van der Waals surface area contributed by atoms with E-state index in [0.29, 0.717) is 55.5 Å². The van der Waals surface area contributed by atoms with Gasteiger partial charge in [-0.1, -0.05) is 12.0 Å². The van der Waals surface area contributed by atoms with Crippen molar-refractivity contribution in [2.24, 2.45) is 0 Å². The minimum atomic E-state index is -2.29. The Balaban J connectivity index is 1.35. The van der Waals surface area contributed by atoms with Crippen LogP contribution in [0.1, 0.15) is 37.7 Å². The molecule has 7 rings (SSSR count). The Bertz CT molecular complexity index is 1950. The number of phenolic OH excluding ortho intramolecular Hbond substituents is 1. The van der Waals surface area contributed by atoms with Crippen LogP contribution in [0.3, 0.4) is 0 Å². The van der Waals surface area contributed by atoms with Gasteiger partial charge in [-0.2, -0.15) is 9.97 Å². The summed E-state index contributed by atoms with van der Waals surface area (Å²) in [5.74, 6) is 1.16. The van der Waals surface area contributed by atoms with E-state index in [1.807, 2.05) is 4.90 Å². The van der Waals surface area contributed by atoms with Gasteiger partial charge < -0.3 is 19.3 Å². The molecule has 2 unspecified atom stereocenters. The van der Waals surface area contributed by atoms with Crippen LogP contribution in [0, 0.1) is 24.0 Å². The number of piperidine rings is 1. The van der Waals surface area contributed by atoms with Gasteiger partial charge in [0.05, 0.1) is 23.6 Å². The van der Waals surface area contributed by atoms with Gasteiger partial charge in [-0.25, -0.2) is 13.2 Å². The van der Waals surface area contributed by atoms with E-state index in [0.717, 1.165) is 19.4 Å². The van der Waals surface area contributed by atoms with Gasteiger partial charge in [0.25, 0.3) is 0 Å². The van der Waals surface area contributed by atoms with Crippen LogP contribution in [0.5, 0.6) is 11.8 Å². The Hall–Kier alpha value is -3.87. The number of benzene rings is 2. The molecule has 8 nitrogen and oxygen atoms in total. The van der Waals surface area contributed by atoms with E-state index in [2.05, 4.69) is 20.8 Å². The maximum Gasteiger partial charge on any atom is 0.319 e. The summed E-state index contributed by atoms with van der Waals surface area (Å²) in [5, 5.41) is 11.5. The number of alkyl halides is 1. The maximum atomic E-state index is 16.8. The number of phenols is 1. The Kier molecular flexibility index (Phi) is 7.64. The molecule has 3 aliphatic rings. The third-order valence-corrected chi connectivity index (χ3v) is 12.2. The number of hydrogen-bond acceptors (Lipinski definition) is 8. The van der Waals surface area contributed by atoms with Gasteiger partial charge in [0, 0.05) is 48.9 Å².